The molecule has 0 aromatic carbocycles. The number of allylic oxidation sites excluding steroid dienone is 11. The first kappa shape index (κ1) is 23.1. The summed E-state index contributed by atoms with van der Waals surface area (Å²) in [7, 11) is 0. The molecule has 0 aliphatic carbocycles. The molecule has 0 fully saturated rings. The van der Waals surface area contributed by atoms with Crippen molar-refractivity contribution in [3.63, 3.8) is 0 Å². The molecule has 0 aliphatic heterocycles. The predicted octanol–water partition coefficient (Wildman–Crippen LogP) is 7.47. The van der Waals surface area contributed by atoms with Gasteiger partial charge in [0.1, 0.15) is 5.94 Å². The maximum absolute atomic E-state index is 9.95. The third kappa shape index (κ3) is 22.2. The Morgan fingerprint density at radius 2 is 1.08 bits per heavy atom. The molecule has 0 saturated heterocycles. The van der Waals surface area contributed by atoms with Crippen LogP contribution in [0.25, 0.3) is 0 Å². The molecule has 1 heteroatoms. The second-order valence-electron chi connectivity index (χ2n) is 6.19. The van der Waals surface area contributed by atoms with E-state index in [2.05, 4.69) is 25.2 Å². The summed E-state index contributed by atoms with van der Waals surface area (Å²) in [4.78, 5) is 9.95. The van der Waals surface area contributed by atoms with Crippen LogP contribution in [-0.4, -0.2) is 5.94 Å². The van der Waals surface area contributed by atoms with Crippen LogP contribution < -0.4 is 0 Å². The number of unbranched alkanes of at least 4 members (excludes halogenated alkanes) is 9. The largest absolute Gasteiger partial charge is 0.234 e. The van der Waals surface area contributed by atoms with Crippen molar-refractivity contribution in [2.24, 2.45) is 0 Å². The summed E-state index contributed by atoms with van der Waals surface area (Å²) in [5, 5.41) is 0. The molecule has 0 spiro atoms. The Morgan fingerprint density at radius 1 is 0.600 bits per heavy atom. The molecule has 0 N–H and O–H groups in total. The molecule has 25 heavy (non-hydrogen) atoms. The van der Waals surface area contributed by atoms with Crippen molar-refractivity contribution in [3.05, 3.63) is 66.8 Å². The maximum atomic E-state index is 9.95. The smallest absolute Gasteiger partial charge is 0.120 e. The van der Waals surface area contributed by atoms with Crippen LogP contribution in [0, 0.1) is 0 Å². The summed E-state index contributed by atoms with van der Waals surface area (Å²) in [6.45, 7) is 2.27. The lowest BCUT2D eigenvalue weighted by Crippen LogP contribution is -1.80. The Balaban J connectivity index is 3.45. The number of hydrogen-bond acceptors (Lipinski definition) is 1. The number of hydrogen-bond donors (Lipinski definition) is 0. The zero-order valence-corrected chi connectivity index (χ0v) is 16.0. The van der Waals surface area contributed by atoms with Gasteiger partial charge in [-0.05, 0) is 19.3 Å². The molecule has 0 aliphatic rings. The summed E-state index contributed by atoms with van der Waals surface area (Å²) in [5.74, 6) is 1.75. The van der Waals surface area contributed by atoms with Gasteiger partial charge in [0.2, 0.25) is 0 Å². The van der Waals surface area contributed by atoms with Gasteiger partial charge >= 0.3 is 0 Å². The van der Waals surface area contributed by atoms with E-state index in [1.165, 1.54) is 70.3 Å². The molecule has 0 aromatic heterocycles. The quantitative estimate of drug-likeness (QED) is 0.162. The van der Waals surface area contributed by atoms with Gasteiger partial charge in [0.15, 0.2) is 0 Å². The van der Waals surface area contributed by atoms with Gasteiger partial charge in [0.05, 0.1) is 0 Å². The Morgan fingerprint density at radius 3 is 1.64 bits per heavy atom. The fourth-order valence-corrected chi connectivity index (χ4v) is 2.41. The molecule has 0 unspecified atom stereocenters. The van der Waals surface area contributed by atoms with Crippen molar-refractivity contribution in [2.45, 2.75) is 77.6 Å². The summed E-state index contributed by atoms with van der Waals surface area (Å²) in [5.41, 5.74) is 0. The van der Waals surface area contributed by atoms with Gasteiger partial charge in [0, 0.05) is 6.08 Å². The lowest BCUT2D eigenvalue weighted by atomic mass is 10.1. The summed E-state index contributed by atoms with van der Waals surface area (Å²) in [6.07, 6.45) is 36.0. The van der Waals surface area contributed by atoms with Crippen LogP contribution in [0.5, 0.6) is 0 Å². The van der Waals surface area contributed by atoms with E-state index in [0.29, 0.717) is 6.42 Å². The van der Waals surface area contributed by atoms with Crippen molar-refractivity contribution in [3.8, 4) is 0 Å². The van der Waals surface area contributed by atoms with Gasteiger partial charge in [-0.2, -0.15) is 0 Å². The zero-order chi connectivity index (χ0) is 18.3. The van der Waals surface area contributed by atoms with Gasteiger partial charge in [0.25, 0.3) is 0 Å². The van der Waals surface area contributed by atoms with Crippen LogP contribution in [0.3, 0.4) is 0 Å². The molecule has 0 saturated carbocycles. The highest BCUT2D eigenvalue weighted by Crippen LogP contribution is 2.10. The lowest BCUT2D eigenvalue weighted by molar-refractivity contribution is 0.566. The van der Waals surface area contributed by atoms with E-state index in [1.807, 2.05) is 42.5 Å². The van der Waals surface area contributed by atoms with Gasteiger partial charge in [-0.1, -0.05) is 119 Å². The molecular weight excluding hydrogens is 304 g/mol. The topological polar surface area (TPSA) is 17.1 Å². The first-order chi connectivity index (χ1) is 12.4. The Labute approximate surface area is 155 Å². The number of rotatable bonds is 16. The number of carbonyl (C=O) groups excluding carboxylic acids is 1. The van der Waals surface area contributed by atoms with E-state index in [0.717, 1.165) is 0 Å². The van der Waals surface area contributed by atoms with Gasteiger partial charge < -0.3 is 0 Å². The SMILES string of the molecule is CCCCCCCCCCC/C=C/C=C/C=C/C=C/C=C/CC=C=O. The van der Waals surface area contributed by atoms with Crippen molar-refractivity contribution in [1.82, 2.24) is 0 Å². The second-order valence-corrected chi connectivity index (χ2v) is 6.19. The molecule has 0 aromatic rings. The van der Waals surface area contributed by atoms with Crippen LogP contribution in [0.1, 0.15) is 77.6 Å². The Hall–Kier alpha value is -1.85. The van der Waals surface area contributed by atoms with Gasteiger partial charge in [-0.15, -0.1) is 0 Å². The van der Waals surface area contributed by atoms with Crippen LogP contribution in [-0.2, 0) is 4.79 Å². The molecule has 0 bridgehead atoms. The van der Waals surface area contributed by atoms with E-state index in [9.17, 15) is 4.79 Å². The fraction of sp³-hybridized carbons (Fsp3) is 0.500. The minimum absolute atomic E-state index is 0.640. The highest BCUT2D eigenvalue weighted by Gasteiger charge is 1.90. The summed E-state index contributed by atoms with van der Waals surface area (Å²) in [6, 6.07) is 0. The third-order valence-corrected chi connectivity index (χ3v) is 3.86. The first-order valence-corrected chi connectivity index (χ1v) is 9.92. The molecule has 0 heterocycles. The molecule has 0 rings (SSSR count). The lowest BCUT2D eigenvalue weighted by Gasteiger charge is -2.00. The Kier molecular flexibility index (Phi) is 20.5. The minimum atomic E-state index is 0.640. The Bertz CT molecular complexity index is 456. The normalized spacial score (nSPS) is 12.4. The first-order valence-electron chi connectivity index (χ1n) is 9.92. The highest BCUT2D eigenvalue weighted by molar-refractivity contribution is 5.45. The van der Waals surface area contributed by atoms with E-state index >= 15 is 0 Å². The molecule has 138 valence electrons. The van der Waals surface area contributed by atoms with Crippen LogP contribution in [0.15, 0.2) is 66.8 Å². The summed E-state index contributed by atoms with van der Waals surface area (Å²) < 4.78 is 0. The molecule has 0 radical (unpaired) electrons. The molecule has 0 atom stereocenters. The van der Waals surface area contributed by atoms with Crippen molar-refractivity contribution < 1.29 is 4.79 Å². The fourth-order valence-electron chi connectivity index (χ4n) is 2.41. The van der Waals surface area contributed by atoms with Crippen molar-refractivity contribution in [2.75, 3.05) is 0 Å². The maximum Gasteiger partial charge on any atom is 0.120 e. The third-order valence-electron chi connectivity index (χ3n) is 3.86. The van der Waals surface area contributed by atoms with Crippen molar-refractivity contribution in [1.29, 1.82) is 0 Å². The highest BCUT2D eigenvalue weighted by atomic mass is 16.1. The van der Waals surface area contributed by atoms with E-state index < -0.39 is 0 Å². The molecular formula is C24H36O. The average Bonchev–Trinajstić information content (AvgIpc) is 2.63. The van der Waals surface area contributed by atoms with Crippen LogP contribution >= 0.6 is 0 Å². The van der Waals surface area contributed by atoms with Crippen LogP contribution in [0.2, 0.25) is 0 Å². The minimum Gasteiger partial charge on any atom is -0.234 e. The van der Waals surface area contributed by atoms with E-state index in [1.54, 1.807) is 5.94 Å². The average molecular weight is 341 g/mol. The predicted molar refractivity (Wildman–Crippen MR) is 112 cm³/mol. The van der Waals surface area contributed by atoms with Crippen molar-refractivity contribution >= 4 is 5.94 Å². The zero-order valence-electron chi connectivity index (χ0n) is 16.0. The van der Waals surface area contributed by atoms with Crippen LogP contribution in [0.4, 0.5) is 0 Å². The van der Waals surface area contributed by atoms with Gasteiger partial charge in [-0.25, -0.2) is 4.79 Å². The molecule has 1 nitrogen and oxygen atoms in total. The van der Waals surface area contributed by atoms with E-state index in [-0.39, 0.29) is 0 Å². The second kappa shape index (κ2) is 22.1. The van der Waals surface area contributed by atoms with Gasteiger partial charge in [-0.3, -0.25) is 0 Å². The standard InChI is InChI=1S/C24H36O/c1-2-3-4-5-6-7-8-9-10-11-12-13-14-15-16-17-18-19-20-21-22-23-24-25/h12-21,23H,2-11,22H2,1H3/b13-12+,15-14+,17-16+,19-18+,21-20+. The monoisotopic (exact) mass is 340 g/mol. The summed E-state index contributed by atoms with van der Waals surface area (Å²) >= 11 is 0. The van der Waals surface area contributed by atoms with E-state index in [4.69, 9.17) is 0 Å². The molecule has 0 amide bonds.